The van der Waals surface area contributed by atoms with Gasteiger partial charge in [0.2, 0.25) is 0 Å². The number of halogens is 6. The van der Waals surface area contributed by atoms with Gasteiger partial charge in [0.1, 0.15) is 5.60 Å². The van der Waals surface area contributed by atoms with Gasteiger partial charge in [-0.25, -0.2) is 0 Å². The SMILES string of the molecule is C[C@]12C[C@H](c3ccc(CNc4ccc(Cl)cc4)cc3)C3=C4CCC(=O)C=C4CC[C@H]3[C@@H]1CC[C@@]2(O)C(F)(F)C(F)(F)F. The van der Waals surface area contributed by atoms with Crippen LogP contribution in [0.1, 0.15) is 68.9 Å². The fourth-order valence-corrected chi connectivity index (χ4v) is 8.48. The maximum atomic E-state index is 15.2. The zero-order chi connectivity index (χ0) is 30.1. The van der Waals surface area contributed by atoms with Gasteiger partial charge in [-0.05, 0) is 103 Å². The Labute approximate surface area is 246 Å². The highest BCUT2D eigenvalue weighted by molar-refractivity contribution is 6.30. The average Bonchev–Trinajstić information content (AvgIpc) is 3.23. The van der Waals surface area contributed by atoms with Gasteiger partial charge in [0.15, 0.2) is 5.78 Å². The summed E-state index contributed by atoms with van der Waals surface area (Å²) in [6, 6.07) is 15.0. The average molecular weight is 606 g/mol. The van der Waals surface area contributed by atoms with Crippen molar-refractivity contribution in [1.29, 1.82) is 0 Å². The molecule has 0 spiro atoms. The normalized spacial score (nSPS) is 31.3. The predicted molar refractivity (Wildman–Crippen MR) is 151 cm³/mol. The maximum Gasteiger partial charge on any atom is 0.456 e. The summed E-state index contributed by atoms with van der Waals surface area (Å²) >= 11 is 5.96. The Morgan fingerprint density at radius 1 is 0.976 bits per heavy atom. The second-order valence-corrected chi connectivity index (χ2v) is 13.0. The van der Waals surface area contributed by atoms with Gasteiger partial charge in [-0.15, -0.1) is 0 Å². The maximum absolute atomic E-state index is 15.2. The second-order valence-electron chi connectivity index (χ2n) is 12.6. The third-order valence-corrected chi connectivity index (χ3v) is 10.7. The van der Waals surface area contributed by atoms with Gasteiger partial charge < -0.3 is 10.4 Å². The summed E-state index contributed by atoms with van der Waals surface area (Å²) in [5.74, 6) is -6.39. The third kappa shape index (κ3) is 4.52. The monoisotopic (exact) mass is 605 g/mol. The van der Waals surface area contributed by atoms with Crippen LogP contribution in [0.4, 0.5) is 27.6 Å². The van der Waals surface area contributed by atoms with Crippen molar-refractivity contribution in [2.75, 3.05) is 5.32 Å². The van der Waals surface area contributed by atoms with E-state index in [1.165, 1.54) is 6.92 Å². The van der Waals surface area contributed by atoms with Crippen molar-refractivity contribution in [2.24, 2.45) is 17.3 Å². The molecule has 4 aliphatic rings. The van der Waals surface area contributed by atoms with Gasteiger partial charge in [0, 0.05) is 35.0 Å². The molecule has 3 nitrogen and oxygen atoms in total. The van der Waals surface area contributed by atoms with Crippen molar-refractivity contribution in [3.63, 3.8) is 0 Å². The highest BCUT2D eigenvalue weighted by Gasteiger charge is 2.79. The summed E-state index contributed by atoms with van der Waals surface area (Å²) in [7, 11) is 0. The number of hydrogen-bond acceptors (Lipinski definition) is 3. The van der Waals surface area contributed by atoms with Gasteiger partial charge >= 0.3 is 12.1 Å². The minimum absolute atomic E-state index is 0.0290. The smallest absolute Gasteiger partial charge is 0.383 e. The predicted octanol–water partition coefficient (Wildman–Crippen LogP) is 8.78. The van der Waals surface area contributed by atoms with E-state index in [0.29, 0.717) is 37.3 Å². The lowest BCUT2D eigenvalue weighted by Crippen LogP contribution is -2.65. The van der Waals surface area contributed by atoms with Crippen molar-refractivity contribution in [3.8, 4) is 0 Å². The summed E-state index contributed by atoms with van der Waals surface area (Å²) in [6.07, 6.45) is -2.68. The Kier molecular flexibility index (Phi) is 7.12. The van der Waals surface area contributed by atoms with Crippen LogP contribution in [0, 0.1) is 17.3 Å². The Bertz CT molecular complexity index is 1450. The molecule has 0 amide bonds. The molecular weight excluding hydrogens is 573 g/mol. The van der Waals surface area contributed by atoms with Gasteiger partial charge in [0.25, 0.3) is 0 Å². The fraction of sp³-hybridized carbons (Fsp3) is 0.485. The van der Waals surface area contributed by atoms with E-state index in [1.807, 2.05) is 36.4 Å². The molecule has 0 saturated heterocycles. The van der Waals surface area contributed by atoms with Crippen LogP contribution in [-0.4, -0.2) is 28.6 Å². The molecule has 9 heteroatoms. The number of rotatable bonds is 5. The second kappa shape index (κ2) is 10.2. The lowest BCUT2D eigenvalue weighted by molar-refractivity contribution is -0.362. The molecule has 6 rings (SSSR count). The molecule has 0 aromatic heterocycles. The molecule has 0 aliphatic heterocycles. The van der Waals surface area contributed by atoms with E-state index < -0.39 is 41.4 Å². The van der Waals surface area contributed by atoms with E-state index in [9.17, 15) is 23.1 Å². The molecule has 42 heavy (non-hydrogen) atoms. The lowest BCUT2D eigenvalue weighted by Gasteiger charge is -2.56. The lowest BCUT2D eigenvalue weighted by atomic mass is 9.50. The Hall–Kier alpha value is -2.71. The molecular formula is C33H33ClF5NO2. The van der Waals surface area contributed by atoms with Crippen LogP contribution in [0.5, 0.6) is 0 Å². The summed E-state index contributed by atoms with van der Waals surface area (Å²) in [6.45, 7) is 1.97. The van der Waals surface area contributed by atoms with Crippen molar-refractivity contribution in [1.82, 2.24) is 0 Å². The number of benzene rings is 2. The first-order chi connectivity index (χ1) is 19.7. The number of aliphatic hydroxyl groups is 1. The minimum Gasteiger partial charge on any atom is -0.383 e. The Balaban J connectivity index is 1.39. The molecule has 224 valence electrons. The van der Waals surface area contributed by atoms with Gasteiger partial charge in [0.05, 0.1) is 0 Å². The van der Waals surface area contributed by atoms with Gasteiger partial charge in [-0.3, -0.25) is 4.79 Å². The van der Waals surface area contributed by atoms with Crippen LogP contribution >= 0.6 is 11.6 Å². The van der Waals surface area contributed by atoms with Crippen molar-refractivity contribution in [3.05, 3.63) is 87.5 Å². The van der Waals surface area contributed by atoms with Crippen molar-refractivity contribution >= 4 is 23.1 Å². The number of ketones is 1. The first-order valence-electron chi connectivity index (χ1n) is 14.5. The van der Waals surface area contributed by atoms with E-state index in [2.05, 4.69) is 5.32 Å². The summed E-state index contributed by atoms with van der Waals surface area (Å²) in [4.78, 5) is 12.2. The minimum atomic E-state index is -5.86. The van der Waals surface area contributed by atoms with E-state index in [0.717, 1.165) is 33.5 Å². The van der Waals surface area contributed by atoms with Crippen LogP contribution in [0.3, 0.4) is 0 Å². The summed E-state index contributed by atoms with van der Waals surface area (Å²) in [5.41, 5.74) is 0.896. The van der Waals surface area contributed by atoms with E-state index in [4.69, 9.17) is 11.6 Å². The standard InChI is InChI=1S/C33H33ClF5NO2/c1-30-17-27(20-4-2-19(3-5-20)18-40-23-9-7-22(34)8-10-23)29-25-13-11-24(41)16-21(25)6-12-26(29)28(30)14-15-31(30,42)32(35,36)33(37,38)39/h2-5,7-10,16,26-28,40,42H,6,11-15,17-18H2,1H3/t26-,27+,28-,30-,31-/m0/s1. The molecule has 0 radical (unpaired) electrons. The molecule has 5 atom stereocenters. The molecule has 0 heterocycles. The number of alkyl halides is 5. The van der Waals surface area contributed by atoms with Crippen LogP contribution in [0.25, 0.3) is 0 Å². The molecule has 2 N–H and O–H groups in total. The number of nitrogens with one attached hydrogen (secondary N) is 1. The number of hydrogen-bond donors (Lipinski definition) is 2. The van der Waals surface area contributed by atoms with Gasteiger partial charge in [-0.1, -0.05) is 48.4 Å². The topological polar surface area (TPSA) is 49.3 Å². The van der Waals surface area contributed by atoms with Crippen LogP contribution < -0.4 is 5.32 Å². The molecule has 2 fully saturated rings. The van der Waals surface area contributed by atoms with E-state index >= 15 is 8.78 Å². The first kappa shape index (κ1) is 29.4. The van der Waals surface area contributed by atoms with E-state index in [1.54, 1.807) is 18.2 Å². The Morgan fingerprint density at radius 2 is 1.67 bits per heavy atom. The van der Waals surface area contributed by atoms with Crippen molar-refractivity contribution < 1.29 is 31.9 Å². The van der Waals surface area contributed by atoms with Gasteiger partial charge in [-0.2, -0.15) is 22.0 Å². The molecule has 2 saturated carbocycles. The third-order valence-electron chi connectivity index (χ3n) is 10.5. The largest absolute Gasteiger partial charge is 0.456 e. The zero-order valence-corrected chi connectivity index (χ0v) is 24.0. The van der Waals surface area contributed by atoms with Crippen LogP contribution in [0.2, 0.25) is 5.02 Å². The number of anilines is 1. The highest BCUT2D eigenvalue weighted by Crippen LogP contribution is 2.70. The van der Waals surface area contributed by atoms with E-state index in [-0.39, 0.29) is 24.5 Å². The fourth-order valence-electron chi connectivity index (χ4n) is 8.35. The molecule has 0 bridgehead atoms. The first-order valence-corrected chi connectivity index (χ1v) is 14.8. The van der Waals surface area contributed by atoms with Crippen molar-refractivity contribution in [2.45, 2.75) is 82.0 Å². The number of fused-ring (bicyclic) bond motifs is 4. The van der Waals surface area contributed by atoms with Crippen LogP contribution in [-0.2, 0) is 11.3 Å². The summed E-state index contributed by atoms with van der Waals surface area (Å²) < 4.78 is 71.6. The summed E-state index contributed by atoms with van der Waals surface area (Å²) in [5, 5.41) is 15.4. The van der Waals surface area contributed by atoms with Crippen LogP contribution in [0.15, 0.2) is 71.3 Å². The molecule has 2 aromatic carbocycles. The molecule has 4 aliphatic carbocycles. The molecule has 0 unspecified atom stereocenters. The highest BCUT2D eigenvalue weighted by atomic mass is 35.5. The zero-order valence-electron chi connectivity index (χ0n) is 23.2. The number of carbonyl (C=O) groups is 1. The number of carbonyl (C=O) groups excluding carboxylic acids is 1. The molecule has 2 aromatic rings. The Morgan fingerprint density at radius 3 is 2.33 bits per heavy atom. The number of allylic oxidation sites excluding steroid dienone is 4. The quantitative estimate of drug-likeness (QED) is 0.335.